The van der Waals surface area contributed by atoms with Crippen LogP contribution in [0, 0.1) is 41.4 Å². The van der Waals surface area contributed by atoms with Crippen LogP contribution < -0.4 is 5.73 Å². The highest BCUT2D eigenvalue weighted by Gasteiger charge is 2.48. The third kappa shape index (κ3) is 5.08. The first kappa shape index (κ1) is 23.1. The Bertz CT molecular complexity index is 821. The fraction of sp³-hybridized carbons (Fsp3) is 0.769. The van der Waals surface area contributed by atoms with Crippen LogP contribution in [0.25, 0.3) is 0 Å². The second kappa shape index (κ2) is 9.20. The second-order valence-corrected chi connectivity index (χ2v) is 11.3. The number of carbonyl (C=O) groups excluding carboxylic acids is 1. The van der Waals surface area contributed by atoms with Crippen LogP contribution in [0.4, 0.5) is 13.2 Å². The molecule has 4 saturated carbocycles. The van der Waals surface area contributed by atoms with E-state index in [2.05, 4.69) is 9.88 Å². The topological polar surface area (TPSA) is 59.2 Å². The number of hydrogen-bond donors (Lipinski definition) is 1. The second-order valence-electron chi connectivity index (χ2n) is 11.3. The molecule has 33 heavy (non-hydrogen) atoms. The molecular weight excluding hydrogens is 427 g/mol. The molecule has 5 fully saturated rings. The Balaban J connectivity index is 1.13. The number of pyridine rings is 1. The van der Waals surface area contributed by atoms with Crippen molar-refractivity contribution in [3.05, 3.63) is 29.6 Å². The van der Waals surface area contributed by atoms with Gasteiger partial charge in [0.1, 0.15) is 5.69 Å². The van der Waals surface area contributed by atoms with Gasteiger partial charge in [-0.15, -0.1) is 0 Å². The van der Waals surface area contributed by atoms with E-state index in [4.69, 9.17) is 5.73 Å². The normalized spacial score (nSPS) is 33.4. The van der Waals surface area contributed by atoms with Crippen LogP contribution >= 0.6 is 0 Å². The van der Waals surface area contributed by atoms with Gasteiger partial charge in [-0.3, -0.25) is 9.69 Å². The lowest BCUT2D eigenvalue weighted by Crippen LogP contribution is -2.45. The lowest BCUT2D eigenvalue weighted by Gasteiger charge is -2.55. The minimum atomic E-state index is -4.42. The van der Waals surface area contributed by atoms with Crippen molar-refractivity contribution in [2.45, 2.75) is 70.5 Å². The van der Waals surface area contributed by atoms with Crippen molar-refractivity contribution in [1.82, 2.24) is 9.88 Å². The smallest absolute Gasteiger partial charge is 0.369 e. The lowest BCUT2D eigenvalue weighted by molar-refractivity contribution is -0.141. The van der Waals surface area contributed by atoms with Crippen LogP contribution in [-0.2, 0) is 17.5 Å². The third-order valence-corrected chi connectivity index (χ3v) is 9.28. The molecule has 7 heteroatoms. The van der Waals surface area contributed by atoms with E-state index in [0.717, 1.165) is 74.4 Å². The number of amides is 1. The zero-order valence-electron chi connectivity index (χ0n) is 19.3. The van der Waals surface area contributed by atoms with E-state index in [1.54, 1.807) is 6.07 Å². The van der Waals surface area contributed by atoms with Crippen molar-refractivity contribution >= 4 is 5.91 Å². The molecule has 4 bridgehead atoms. The average molecular weight is 464 g/mol. The maximum Gasteiger partial charge on any atom is 0.433 e. The van der Waals surface area contributed by atoms with E-state index < -0.39 is 11.9 Å². The van der Waals surface area contributed by atoms with Gasteiger partial charge in [0.05, 0.1) is 5.69 Å². The molecule has 0 spiro atoms. The summed E-state index contributed by atoms with van der Waals surface area (Å²) < 4.78 is 38.8. The first-order valence-electron chi connectivity index (χ1n) is 12.8. The average Bonchev–Trinajstić information content (AvgIpc) is 2.75. The van der Waals surface area contributed by atoms with Crippen molar-refractivity contribution in [3.8, 4) is 0 Å². The fourth-order valence-electron chi connectivity index (χ4n) is 7.96. The SMILES string of the molecule is NC(=O)C(CCC1C2CC3CC(C2)CC1C3)C1CCN(Cc2cccc(C(F)(F)F)n2)CC1. The molecule has 0 aromatic carbocycles. The van der Waals surface area contributed by atoms with Gasteiger partial charge in [0.25, 0.3) is 0 Å². The molecule has 182 valence electrons. The van der Waals surface area contributed by atoms with Gasteiger partial charge in [-0.1, -0.05) is 6.07 Å². The van der Waals surface area contributed by atoms with E-state index in [-0.39, 0.29) is 17.7 Å². The summed E-state index contributed by atoms with van der Waals surface area (Å²) in [6, 6.07) is 4.08. The van der Waals surface area contributed by atoms with Crippen LogP contribution in [0.15, 0.2) is 18.2 Å². The van der Waals surface area contributed by atoms with Gasteiger partial charge >= 0.3 is 6.18 Å². The molecular formula is C26H36F3N3O. The molecule has 1 amide bonds. The highest BCUT2D eigenvalue weighted by molar-refractivity contribution is 5.77. The Morgan fingerprint density at radius 1 is 1.06 bits per heavy atom. The zero-order valence-corrected chi connectivity index (χ0v) is 19.3. The van der Waals surface area contributed by atoms with Crippen molar-refractivity contribution in [2.75, 3.05) is 13.1 Å². The summed E-state index contributed by atoms with van der Waals surface area (Å²) in [5.74, 6) is 4.50. The molecule has 1 saturated heterocycles. The van der Waals surface area contributed by atoms with Crippen LogP contribution in [0.1, 0.15) is 69.2 Å². The third-order valence-electron chi connectivity index (χ3n) is 9.28. The molecule has 6 rings (SSSR count). The highest BCUT2D eigenvalue weighted by Crippen LogP contribution is 2.57. The summed E-state index contributed by atoms with van der Waals surface area (Å²) in [5, 5.41) is 0. The van der Waals surface area contributed by atoms with Crippen LogP contribution in [0.2, 0.25) is 0 Å². The summed E-state index contributed by atoms with van der Waals surface area (Å²) >= 11 is 0. The monoisotopic (exact) mass is 463 g/mol. The fourth-order valence-corrected chi connectivity index (χ4v) is 7.96. The number of primary amides is 1. The van der Waals surface area contributed by atoms with Crippen molar-refractivity contribution in [3.63, 3.8) is 0 Å². The van der Waals surface area contributed by atoms with E-state index in [0.29, 0.717) is 12.2 Å². The van der Waals surface area contributed by atoms with Crippen molar-refractivity contribution < 1.29 is 18.0 Å². The molecule has 1 aromatic heterocycles. The Hall–Kier alpha value is -1.63. The van der Waals surface area contributed by atoms with E-state index in [1.165, 1.54) is 38.2 Å². The first-order chi connectivity index (χ1) is 15.8. The Morgan fingerprint density at radius 2 is 1.70 bits per heavy atom. The van der Waals surface area contributed by atoms with E-state index in [1.807, 2.05) is 0 Å². The maximum absolute atomic E-state index is 12.9. The first-order valence-corrected chi connectivity index (χ1v) is 12.8. The van der Waals surface area contributed by atoms with Gasteiger partial charge in [0.15, 0.2) is 0 Å². The number of hydrogen-bond acceptors (Lipinski definition) is 3. The molecule has 1 unspecified atom stereocenters. The Morgan fingerprint density at radius 3 is 2.27 bits per heavy atom. The molecule has 4 nitrogen and oxygen atoms in total. The predicted molar refractivity (Wildman–Crippen MR) is 120 cm³/mol. The molecule has 5 aliphatic rings. The number of aromatic nitrogens is 1. The molecule has 0 radical (unpaired) electrons. The van der Waals surface area contributed by atoms with Gasteiger partial charge in [0.2, 0.25) is 5.91 Å². The number of alkyl halides is 3. The molecule has 4 aliphatic carbocycles. The maximum atomic E-state index is 12.9. The van der Waals surface area contributed by atoms with Crippen LogP contribution in [-0.4, -0.2) is 28.9 Å². The van der Waals surface area contributed by atoms with E-state index >= 15 is 0 Å². The summed E-state index contributed by atoms with van der Waals surface area (Å²) in [6.07, 6.45) is 6.43. The quantitative estimate of drug-likeness (QED) is 0.600. The van der Waals surface area contributed by atoms with Gasteiger partial charge in [-0.05, 0) is 119 Å². The van der Waals surface area contributed by atoms with Gasteiger partial charge in [0, 0.05) is 12.5 Å². The minimum absolute atomic E-state index is 0.0731. The molecule has 1 aromatic rings. The molecule has 1 atom stereocenters. The predicted octanol–water partition coefficient (Wildman–Crippen LogP) is 5.27. The number of nitrogens with two attached hydrogens (primary N) is 1. The number of carbonyl (C=O) groups is 1. The summed E-state index contributed by atoms with van der Waals surface area (Å²) in [6.45, 7) is 1.94. The summed E-state index contributed by atoms with van der Waals surface area (Å²) in [4.78, 5) is 18.3. The van der Waals surface area contributed by atoms with Gasteiger partial charge < -0.3 is 5.73 Å². The van der Waals surface area contributed by atoms with Gasteiger partial charge in [-0.2, -0.15) is 13.2 Å². The number of nitrogens with zero attached hydrogens (tertiary/aromatic N) is 2. The number of likely N-dealkylation sites (tertiary alicyclic amines) is 1. The standard InChI is InChI=1S/C26H36F3N3O/c27-26(28,29)24-3-1-2-21(31-24)15-32-8-6-18(7-9-32)23(25(30)33)5-4-22-19-11-16-10-17(13-19)14-20(22)12-16/h1-3,16-20,22-23H,4-15H2,(H2,30,33). The van der Waals surface area contributed by atoms with Crippen molar-refractivity contribution in [2.24, 2.45) is 47.2 Å². The lowest BCUT2D eigenvalue weighted by atomic mass is 9.51. The van der Waals surface area contributed by atoms with Gasteiger partial charge in [-0.25, -0.2) is 4.98 Å². The summed E-state index contributed by atoms with van der Waals surface area (Å²) in [7, 11) is 0. The molecule has 2 N–H and O–H groups in total. The van der Waals surface area contributed by atoms with Crippen LogP contribution in [0.3, 0.4) is 0 Å². The highest BCUT2D eigenvalue weighted by atomic mass is 19.4. The number of piperidine rings is 1. The molecule has 2 heterocycles. The Kier molecular flexibility index (Phi) is 6.45. The zero-order chi connectivity index (χ0) is 23.2. The van der Waals surface area contributed by atoms with E-state index in [9.17, 15) is 18.0 Å². The van der Waals surface area contributed by atoms with Crippen molar-refractivity contribution in [1.29, 1.82) is 0 Å². The largest absolute Gasteiger partial charge is 0.433 e. The summed E-state index contributed by atoms with van der Waals surface area (Å²) in [5.41, 5.74) is 5.48. The Labute approximate surface area is 194 Å². The molecule has 1 aliphatic heterocycles. The van der Waals surface area contributed by atoms with Crippen LogP contribution in [0.5, 0.6) is 0 Å². The number of rotatable bonds is 7. The minimum Gasteiger partial charge on any atom is -0.369 e. The number of halogens is 3.